The van der Waals surface area contributed by atoms with Gasteiger partial charge in [-0.05, 0) is 210 Å². The summed E-state index contributed by atoms with van der Waals surface area (Å²) >= 11 is 0. The van der Waals surface area contributed by atoms with Crippen molar-refractivity contribution in [2.45, 2.75) is 5.41 Å². The molecule has 14 rings (SSSR count). The van der Waals surface area contributed by atoms with Gasteiger partial charge in [0.15, 0.2) is 0 Å². The Balaban J connectivity index is 0.942. The third-order valence-corrected chi connectivity index (χ3v) is 14.9. The molecule has 0 fully saturated rings. The standard InChI is InChI=1S/C73H48O4/c1-5-13-57(14-6-1)74-61-33-21-49(22-34-61)53-29-41-65-66-42-30-54(50-23-35-62(36-24-50)75-58-15-7-2-8-16-58)46-70(66)73(69(65)45-53)71-47-55(51-25-37-63(38-26-51)76-59-17-9-3-10-18-59)31-43-67(71)68-44-32-56(48-72(68)73)52-27-39-64(40-28-52)77-60-19-11-4-12-20-60/h1-48H. The predicted octanol–water partition coefficient (Wildman–Crippen LogP) is 19.9. The summed E-state index contributed by atoms with van der Waals surface area (Å²) in [7, 11) is 0. The van der Waals surface area contributed by atoms with Gasteiger partial charge in [-0.2, -0.15) is 0 Å². The normalized spacial score (nSPS) is 12.3. The minimum atomic E-state index is -0.715. The average molecular weight is 989 g/mol. The maximum Gasteiger partial charge on any atom is 0.127 e. The summed E-state index contributed by atoms with van der Waals surface area (Å²) in [5.74, 6) is 6.37. The van der Waals surface area contributed by atoms with Crippen molar-refractivity contribution >= 4 is 0 Å². The van der Waals surface area contributed by atoms with Crippen LogP contribution in [0.5, 0.6) is 46.0 Å². The van der Waals surface area contributed by atoms with Crippen LogP contribution in [-0.2, 0) is 5.41 Å². The summed E-state index contributed by atoms with van der Waals surface area (Å²) in [5.41, 5.74) is 18.0. The van der Waals surface area contributed by atoms with E-state index >= 15 is 0 Å². The van der Waals surface area contributed by atoms with Crippen LogP contribution in [0, 0.1) is 0 Å². The molecule has 0 bridgehead atoms. The van der Waals surface area contributed by atoms with Crippen molar-refractivity contribution in [2.24, 2.45) is 0 Å². The van der Waals surface area contributed by atoms with Crippen molar-refractivity contribution < 1.29 is 18.9 Å². The van der Waals surface area contributed by atoms with Crippen molar-refractivity contribution in [1.82, 2.24) is 0 Å². The molecule has 1 spiro atoms. The lowest BCUT2D eigenvalue weighted by Gasteiger charge is -2.32. The highest BCUT2D eigenvalue weighted by atomic mass is 16.5. The van der Waals surface area contributed by atoms with Crippen molar-refractivity contribution in [3.8, 4) is 113 Å². The first kappa shape index (κ1) is 45.5. The molecule has 12 aromatic carbocycles. The van der Waals surface area contributed by atoms with Crippen LogP contribution in [0.25, 0.3) is 66.8 Å². The summed E-state index contributed by atoms with van der Waals surface area (Å²) in [6.07, 6.45) is 0. The van der Waals surface area contributed by atoms with E-state index in [-0.39, 0.29) is 0 Å². The highest BCUT2D eigenvalue weighted by Gasteiger charge is 2.52. The molecule has 0 aromatic heterocycles. The lowest BCUT2D eigenvalue weighted by Crippen LogP contribution is -2.26. The second-order valence-corrected chi connectivity index (χ2v) is 19.5. The first-order chi connectivity index (χ1) is 38.1. The Morgan fingerprint density at radius 1 is 0.169 bits per heavy atom. The highest BCUT2D eigenvalue weighted by Crippen LogP contribution is 2.64. The van der Waals surface area contributed by atoms with E-state index in [2.05, 4.69) is 170 Å². The van der Waals surface area contributed by atoms with Gasteiger partial charge in [0, 0.05) is 0 Å². The van der Waals surface area contributed by atoms with E-state index in [1.165, 1.54) is 44.5 Å². The minimum Gasteiger partial charge on any atom is -0.457 e. The van der Waals surface area contributed by atoms with Crippen LogP contribution in [0.1, 0.15) is 22.3 Å². The molecule has 4 nitrogen and oxygen atoms in total. The molecule has 0 atom stereocenters. The van der Waals surface area contributed by atoms with E-state index in [4.69, 9.17) is 18.9 Å². The molecule has 0 aliphatic heterocycles. The van der Waals surface area contributed by atoms with Crippen LogP contribution in [0.15, 0.2) is 291 Å². The molecule has 0 N–H and O–H groups in total. The van der Waals surface area contributed by atoms with Crippen molar-refractivity contribution in [3.63, 3.8) is 0 Å². The predicted molar refractivity (Wildman–Crippen MR) is 311 cm³/mol. The van der Waals surface area contributed by atoms with Gasteiger partial charge in [-0.15, -0.1) is 0 Å². The molecule has 364 valence electrons. The van der Waals surface area contributed by atoms with Crippen LogP contribution in [0.4, 0.5) is 0 Å². The molecular formula is C73H48O4. The van der Waals surface area contributed by atoms with Crippen LogP contribution in [0.2, 0.25) is 0 Å². The van der Waals surface area contributed by atoms with Crippen LogP contribution in [0.3, 0.4) is 0 Å². The smallest absolute Gasteiger partial charge is 0.127 e. The van der Waals surface area contributed by atoms with Gasteiger partial charge in [0.25, 0.3) is 0 Å². The topological polar surface area (TPSA) is 36.9 Å². The van der Waals surface area contributed by atoms with Gasteiger partial charge < -0.3 is 18.9 Å². The number of benzene rings is 12. The Bertz CT molecular complexity index is 3540. The van der Waals surface area contributed by atoms with Crippen molar-refractivity contribution in [3.05, 3.63) is 313 Å². The van der Waals surface area contributed by atoms with Gasteiger partial charge in [-0.1, -0.05) is 170 Å². The molecule has 2 aliphatic carbocycles. The van der Waals surface area contributed by atoms with Gasteiger partial charge in [0.2, 0.25) is 0 Å². The fourth-order valence-electron chi connectivity index (χ4n) is 11.3. The van der Waals surface area contributed by atoms with Crippen LogP contribution < -0.4 is 18.9 Å². The Kier molecular flexibility index (Phi) is 11.4. The summed E-state index contributed by atoms with van der Waals surface area (Å²) < 4.78 is 25.0. The molecule has 0 unspecified atom stereocenters. The molecule has 0 amide bonds. The SMILES string of the molecule is c1ccc(Oc2ccc(-c3ccc4c(c3)C3(c5cc(-c6ccc(Oc7ccccc7)cc6)ccc5-4)c4cc(-c5ccc(Oc6ccccc6)cc5)ccc4-c4ccc(-c5ccc(Oc6ccccc6)cc5)cc43)cc2)cc1. The van der Waals surface area contributed by atoms with Crippen LogP contribution in [-0.4, -0.2) is 0 Å². The lowest BCUT2D eigenvalue weighted by molar-refractivity contribution is 0.482. The van der Waals surface area contributed by atoms with Gasteiger partial charge in [-0.25, -0.2) is 0 Å². The summed E-state index contributed by atoms with van der Waals surface area (Å²) in [6.45, 7) is 0. The number of hydrogen-bond acceptors (Lipinski definition) is 4. The minimum absolute atomic E-state index is 0.715. The number of ether oxygens (including phenoxy) is 4. The molecule has 4 heteroatoms. The first-order valence-corrected chi connectivity index (χ1v) is 26.0. The number of hydrogen-bond donors (Lipinski definition) is 0. The Morgan fingerprint density at radius 3 is 0.558 bits per heavy atom. The first-order valence-electron chi connectivity index (χ1n) is 26.0. The van der Waals surface area contributed by atoms with Gasteiger partial charge in [0.05, 0.1) is 5.41 Å². The number of fused-ring (bicyclic) bond motifs is 10. The van der Waals surface area contributed by atoms with E-state index < -0.39 is 5.41 Å². The van der Waals surface area contributed by atoms with Gasteiger partial charge in [0.1, 0.15) is 46.0 Å². The third-order valence-electron chi connectivity index (χ3n) is 14.9. The molecule has 12 aromatic rings. The zero-order valence-electron chi connectivity index (χ0n) is 41.8. The van der Waals surface area contributed by atoms with Crippen molar-refractivity contribution in [1.29, 1.82) is 0 Å². The summed E-state index contributed by atoms with van der Waals surface area (Å²) in [5, 5.41) is 0. The molecule has 77 heavy (non-hydrogen) atoms. The maximum atomic E-state index is 6.26. The molecule has 0 saturated carbocycles. The quantitative estimate of drug-likeness (QED) is 0.122. The zero-order chi connectivity index (χ0) is 51.1. The monoisotopic (exact) mass is 988 g/mol. The Morgan fingerprint density at radius 2 is 0.351 bits per heavy atom. The van der Waals surface area contributed by atoms with Crippen molar-refractivity contribution in [2.75, 3.05) is 0 Å². The van der Waals surface area contributed by atoms with E-state index in [1.807, 2.05) is 121 Å². The third kappa shape index (κ3) is 8.48. The van der Waals surface area contributed by atoms with E-state index in [1.54, 1.807) is 0 Å². The summed E-state index contributed by atoms with van der Waals surface area (Å²) in [6, 6.07) is 102. The fraction of sp³-hybridized carbons (Fsp3) is 0.0137. The van der Waals surface area contributed by atoms with Gasteiger partial charge in [-0.3, -0.25) is 0 Å². The summed E-state index contributed by atoms with van der Waals surface area (Å²) in [4.78, 5) is 0. The molecule has 2 aliphatic rings. The Hall–Kier alpha value is -10.2. The zero-order valence-corrected chi connectivity index (χ0v) is 41.8. The highest BCUT2D eigenvalue weighted by molar-refractivity contribution is 5.98. The largest absolute Gasteiger partial charge is 0.457 e. The molecule has 0 heterocycles. The number of para-hydroxylation sites is 4. The number of rotatable bonds is 12. The second-order valence-electron chi connectivity index (χ2n) is 19.5. The van der Waals surface area contributed by atoms with Gasteiger partial charge >= 0.3 is 0 Å². The van der Waals surface area contributed by atoms with E-state index in [0.717, 1.165) is 90.5 Å². The van der Waals surface area contributed by atoms with E-state index in [9.17, 15) is 0 Å². The molecule has 0 radical (unpaired) electrons. The lowest BCUT2D eigenvalue weighted by atomic mass is 9.69. The second kappa shape index (κ2) is 19.3. The molecule has 0 saturated heterocycles. The fourth-order valence-corrected chi connectivity index (χ4v) is 11.3. The average Bonchev–Trinajstić information content (AvgIpc) is 3.82. The maximum absolute atomic E-state index is 6.26. The molecular weight excluding hydrogens is 941 g/mol. The van der Waals surface area contributed by atoms with Crippen LogP contribution >= 0.6 is 0 Å². The van der Waals surface area contributed by atoms with E-state index in [0.29, 0.717) is 0 Å². The Labute approximate surface area is 448 Å².